The first-order valence-electron chi connectivity index (χ1n) is 10.3. The zero-order valence-corrected chi connectivity index (χ0v) is 16.9. The zero-order valence-electron chi connectivity index (χ0n) is 16.9. The fourth-order valence-corrected chi connectivity index (χ4v) is 5.28. The Morgan fingerprint density at radius 2 is 1.43 bits per heavy atom. The van der Waals surface area contributed by atoms with Crippen molar-refractivity contribution in [2.75, 3.05) is 0 Å². The van der Waals surface area contributed by atoms with E-state index < -0.39 is 5.41 Å². The molecule has 1 atom stereocenters. The number of halogens is 1. The number of aryl methyl sites for hydroxylation is 1. The maximum Gasteiger partial charge on any atom is 0.131 e. The molecule has 1 nitrogen and oxygen atoms in total. The number of hydrogen-bond donors (Lipinski definition) is 0. The molecule has 1 aliphatic carbocycles. The van der Waals surface area contributed by atoms with Crippen LogP contribution in [0.4, 0.5) is 10.1 Å². The fraction of sp³-hybridized carbons (Fsp3) is 0.107. The van der Waals surface area contributed by atoms with E-state index in [-0.39, 0.29) is 5.82 Å². The first-order chi connectivity index (χ1) is 14.6. The van der Waals surface area contributed by atoms with Crippen LogP contribution in [0.1, 0.15) is 33.4 Å². The van der Waals surface area contributed by atoms with E-state index in [1.54, 1.807) is 6.07 Å². The van der Waals surface area contributed by atoms with Gasteiger partial charge in [0.25, 0.3) is 0 Å². The minimum atomic E-state index is -0.608. The Morgan fingerprint density at radius 1 is 0.700 bits per heavy atom. The number of nitrogens with zero attached hydrogens (tertiary/aromatic N) is 1. The number of benzene rings is 4. The van der Waals surface area contributed by atoms with Crippen LogP contribution >= 0.6 is 0 Å². The second kappa shape index (κ2) is 5.99. The normalized spacial score (nSPS) is 18.2. The van der Waals surface area contributed by atoms with E-state index in [4.69, 9.17) is 4.99 Å². The van der Waals surface area contributed by atoms with E-state index in [9.17, 15) is 0 Å². The van der Waals surface area contributed by atoms with Crippen molar-refractivity contribution < 1.29 is 4.39 Å². The lowest BCUT2D eigenvalue weighted by Gasteiger charge is -2.31. The third kappa shape index (κ3) is 1.98. The molecule has 30 heavy (non-hydrogen) atoms. The molecular formula is C28H20FN. The average molecular weight is 389 g/mol. The highest BCUT2D eigenvalue weighted by atomic mass is 19.1. The van der Waals surface area contributed by atoms with Crippen LogP contribution in [0.5, 0.6) is 0 Å². The smallest absolute Gasteiger partial charge is 0.131 e. The second-order valence-electron chi connectivity index (χ2n) is 8.19. The summed E-state index contributed by atoms with van der Waals surface area (Å²) < 4.78 is 15.2. The predicted molar refractivity (Wildman–Crippen MR) is 120 cm³/mol. The molecule has 0 radical (unpaired) electrons. The molecule has 0 saturated carbocycles. The molecule has 1 spiro atoms. The van der Waals surface area contributed by atoms with Crippen molar-refractivity contribution in [2.24, 2.45) is 4.99 Å². The SMILES string of the molecule is Cc1ccc2c(c1C)N=C(c1ccccc1)C21c2ccccc2-c2c(F)cccc21. The zero-order chi connectivity index (χ0) is 20.5. The van der Waals surface area contributed by atoms with Crippen LogP contribution in [-0.2, 0) is 5.41 Å². The van der Waals surface area contributed by atoms with Gasteiger partial charge in [-0.2, -0.15) is 0 Å². The summed E-state index contributed by atoms with van der Waals surface area (Å²) >= 11 is 0. The first kappa shape index (κ1) is 17.3. The summed E-state index contributed by atoms with van der Waals surface area (Å²) in [6, 6.07) is 28.3. The molecule has 0 aromatic heterocycles. The molecule has 1 aliphatic heterocycles. The molecule has 6 rings (SSSR count). The van der Waals surface area contributed by atoms with E-state index in [2.05, 4.69) is 50.2 Å². The van der Waals surface area contributed by atoms with Gasteiger partial charge >= 0.3 is 0 Å². The molecule has 0 saturated heterocycles. The van der Waals surface area contributed by atoms with Crippen molar-refractivity contribution in [3.05, 3.63) is 124 Å². The summed E-state index contributed by atoms with van der Waals surface area (Å²) in [6.45, 7) is 4.25. The molecule has 144 valence electrons. The monoisotopic (exact) mass is 389 g/mol. The molecule has 2 aliphatic rings. The van der Waals surface area contributed by atoms with Crippen molar-refractivity contribution >= 4 is 11.4 Å². The second-order valence-corrected chi connectivity index (χ2v) is 8.19. The van der Waals surface area contributed by atoms with Gasteiger partial charge in [-0.25, -0.2) is 4.39 Å². The number of fused-ring (bicyclic) bond motifs is 7. The molecule has 4 aromatic rings. The van der Waals surface area contributed by atoms with Gasteiger partial charge in [-0.15, -0.1) is 0 Å². The maximum absolute atomic E-state index is 15.2. The molecule has 0 amide bonds. The highest BCUT2D eigenvalue weighted by Gasteiger charge is 2.53. The standard InChI is InChI=1S/C28H20FN/c1-17-15-16-23-26(18(17)2)30-27(19-9-4-3-5-10-19)28(23)21-12-7-6-11-20(21)25-22(28)13-8-14-24(25)29/h3-16H,1-2H3. The van der Waals surface area contributed by atoms with Crippen LogP contribution in [0.25, 0.3) is 11.1 Å². The molecule has 2 heteroatoms. The molecule has 1 heterocycles. The molecule has 1 unspecified atom stereocenters. The Morgan fingerprint density at radius 3 is 2.27 bits per heavy atom. The van der Waals surface area contributed by atoms with E-state index >= 15 is 4.39 Å². The van der Waals surface area contributed by atoms with E-state index in [1.165, 1.54) is 11.1 Å². The number of rotatable bonds is 1. The topological polar surface area (TPSA) is 12.4 Å². The van der Waals surface area contributed by atoms with Crippen LogP contribution in [0.3, 0.4) is 0 Å². The summed E-state index contributed by atoms with van der Waals surface area (Å²) in [7, 11) is 0. The Balaban J connectivity index is 1.83. The van der Waals surface area contributed by atoms with Crippen molar-refractivity contribution in [1.29, 1.82) is 0 Å². The summed E-state index contributed by atoms with van der Waals surface area (Å²) in [5.41, 5.74) is 9.73. The maximum atomic E-state index is 15.2. The van der Waals surface area contributed by atoms with Crippen LogP contribution < -0.4 is 0 Å². The van der Waals surface area contributed by atoms with Crippen LogP contribution in [-0.4, -0.2) is 5.71 Å². The van der Waals surface area contributed by atoms with Gasteiger partial charge in [0.2, 0.25) is 0 Å². The third-order valence-corrected chi connectivity index (χ3v) is 6.75. The predicted octanol–water partition coefficient (Wildman–Crippen LogP) is 6.89. The quantitative estimate of drug-likeness (QED) is 0.336. The highest BCUT2D eigenvalue weighted by molar-refractivity contribution is 6.20. The van der Waals surface area contributed by atoms with E-state index in [1.807, 2.05) is 42.5 Å². The van der Waals surface area contributed by atoms with Gasteiger partial charge in [0.1, 0.15) is 5.82 Å². The summed E-state index contributed by atoms with van der Waals surface area (Å²) in [5, 5.41) is 0. The molecular weight excluding hydrogens is 369 g/mol. The van der Waals surface area contributed by atoms with E-state index in [0.29, 0.717) is 5.56 Å². The minimum absolute atomic E-state index is 0.179. The van der Waals surface area contributed by atoms with Crippen molar-refractivity contribution in [3.8, 4) is 11.1 Å². The Bertz CT molecular complexity index is 1370. The fourth-order valence-electron chi connectivity index (χ4n) is 5.28. The number of aliphatic imine (C=N–C) groups is 1. The van der Waals surface area contributed by atoms with Crippen molar-refractivity contribution in [1.82, 2.24) is 0 Å². The summed E-state index contributed by atoms with van der Waals surface area (Å²) in [6.07, 6.45) is 0. The Labute approximate surface area is 175 Å². The van der Waals surface area contributed by atoms with Gasteiger partial charge in [-0.3, -0.25) is 4.99 Å². The molecule has 0 N–H and O–H groups in total. The van der Waals surface area contributed by atoms with Gasteiger partial charge in [-0.05, 0) is 58.9 Å². The van der Waals surface area contributed by atoms with Gasteiger partial charge < -0.3 is 0 Å². The van der Waals surface area contributed by atoms with E-state index in [0.717, 1.165) is 39.2 Å². The van der Waals surface area contributed by atoms with Gasteiger partial charge in [0.15, 0.2) is 0 Å². The van der Waals surface area contributed by atoms with Crippen molar-refractivity contribution in [2.45, 2.75) is 19.3 Å². The minimum Gasteiger partial charge on any atom is -0.251 e. The van der Waals surface area contributed by atoms with Crippen LogP contribution in [0.2, 0.25) is 0 Å². The molecule has 4 aromatic carbocycles. The number of hydrogen-bond acceptors (Lipinski definition) is 1. The highest BCUT2D eigenvalue weighted by Crippen LogP contribution is 2.60. The van der Waals surface area contributed by atoms with Crippen molar-refractivity contribution in [3.63, 3.8) is 0 Å². The molecule has 0 bridgehead atoms. The lowest BCUT2D eigenvalue weighted by molar-refractivity contribution is 0.630. The largest absolute Gasteiger partial charge is 0.251 e. The third-order valence-electron chi connectivity index (χ3n) is 6.75. The Kier molecular flexibility index (Phi) is 3.47. The van der Waals surface area contributed by atoms with Gasteiger partial charge in [-0.1, -0.05) is 78.9 Å². The molecule has 0 fully saturated rings. The van der Waals surface area contributed by atoms with Crippen LogP contribution in [0.15, 0.2) is 89.9 Å². The summed E-state index contributed by atoms with van der Waals surface area (Å²) in [4.78, 5) is 5.24. The lowest BCUT2D eigenvalue weighted by Crippen LogP contribution is -2.34. The first-order valence-corrected chi connectivity index (χ1v) is 10.3. The van der Waals surface area contributed by atoms with Gasteiger partial charge in [0, 0.05) is 5.56 Å². The van der Waals surface area contributed by atoms with Crippen LogP contribution in [0, 0.1) is 19.7 Å². The Hall–Kier alpha value is -3.52. The summed E-state index contributed by atoms with van der Waals surface area (Å²) in [5.74, 6) is -0.179. The lowest BCUT2D eigenvalue weighted by atomic mass is 9.68. The van der Waals surface area contributed by atoms with Gasteiger partial charge in [0.05, 0.1) is 16.8 Å². The average Bonchev–Trinajstić information content (AvgIpc) is 3.28.